The molecule has 2 heteroatoms. The zero-order valence-electron chi connectivity index (χ0n) is 9.50. The summed E-state index contributed by atoms with van der Waals surface area (Å²) in [5, 5.41) is 0.788. The first-order chi connectivity index (χ1) is 7.72. The average Bonchev–Trinajstić information content (AvgIpc) is 2.29. The molecule has 0 atom stereocenters. The quantitative estimate of drug-likeness (QED) is 0.752. The summed E-state index contributed by atoms with van der Waals surface area (Å²) >= 11 is 6.31. The van der Waals surface area contributed by atoms with Gasteiger partial charge in [0.15, 0.2) is 0 Å². The Labute approximate surface area is 101 Å². The van der Waals surface area contributed by atoms with Crippen LogP contribution in [0.25, 0.3) is 11.1 Å². The molecule has 1 aromatic carbocycles. The summed E-state index contributed by atoms with van der Waals surface area (Å²) in [4.78, 5) is 4.54. The first-order valence-electron chi connectivity index (χ1n) is 5.43. The van der Waals surface area contributed by atoms with Crippen LogP contribution >= 0.6 is 11.6 Å². The van der Waals surface area contributed by atoms with Gasteiger partial charge in [0.1, 0.15) is 0 Å². The van der Waals surface area contributed by atoms with Gasteiger partial charge in [-0.1, -0.05) is 48.9 Å². The third kappa shape index (κ3) is 2.10. The maximum atomic E-state index is 6.31. The van der Waals surface area contributed by atoms with E-state index in [1.54, 1.807) is 0 Å². The summed E-state index contributed by atoms with van der Waals surface area (Å²) in [6, 6.07) is 12.1. The van der Waals surface area contributed by atoms with Crippen molar-refractivity contribution in [3.63, 3.8) is 0 Å². The summed E-state index contributed by atoms with van der Waals surface area (Å²) in [5.41, 5.74) is 4.21. The maximum Gasteiger partial charge on any atom is 0.0520 e. The van der Waals surface area contributed by atoms with Crippen molar-refractivity contribution in [2.24, 2.45) is 0 Å². The van der Waals surface area contributed by atoms with Crippen LogP contribution < -0.4 is 0 Å². The van der Waals surface area contributed by atoms with Gasteiger partial charge in [0.05, 0.1) is 5.02 Å². The number of aryl methyl sites for hydroxylation is 2. The fraction of sp³-hybridized carbons (Fsp3) is 0.214. The van der Waals surface area contributed by atoms with Crippen molar-refractivity contribution in [2.75, 3.05) is 0 Å². The van der Waals surface area contributed by atoms with Gasteiger partial charge in [-0.15, -0.1) is 0 Å². The van der Waals surface area contributed by atoms with Crippen molar-refractivity contribution in [1.82, 2.24) is 4.98 Å². The van der Waals surface area contributed by atoms with Crippen molar-refractivity contribution in [1.29, 1.82) is 0 Å². The van der Waals surface area contributed by atoms with E-state index in [4.69, 9.17) is 11.6 Å². The molecule has 0 spiro atoms. The second-order valence-electron chi connectivity index (χ2n) is 3.78. The minimum absolute atomic E-state index is 0.788. The van der Waals surface area contributed by atoms with Gasteiger partial charge in [0, 0.05) is 17.0 Å². The molecule has 16 heavy (non-hydrogen) atoms. The van der Waals surface area contributed by atoms with E-state index in [0.717, 1.165) is 34.0 Å². The Balaban J connectivity index is 2.58. The molecule has 0 radical (unpaired) electrons. The molecular formula is C14H14ClN. The Morgan fingerprint density at radius 2 is 1.88 bits per heavy atom. The molecule has 1 nitrogen and oxygen atoms in total. The molecule has 1 heterocycles. The lowest BCUT2D eigenvalue weighted by Crippen LogP contribution is -1.94. The average molecular weight is 232 g/mol. The molecule has 0 saturated heterocycles. The summed E-state index contributed by atoms with van der Waals surface area (Å²) in [6.07, 6.45) is 0.912. The monoisotopic (exact) mass is 231 g/mol. The second-order valence-corrected chi connectivity index (χ2v) is 4.18. The van der Waals surface area contributed by atoms with E-state index in [2.05, 4.69) is 24.0 Å². The molecule has 82 valence electrons. The lowest BCUT2D eigenvalue weighted by Gasteiger charge is -2.09. The largest absolute Gasteiger partial charge is 0.257 e. The standard InChI is InChI=1S/C14H14ClN/c1-3-12-9-13(15)14(10(2)16-12)11-7-5-4-6-8-11/h4-9H,3H2,1-2H3. The fourth-order valence-corrected chi connectivity index (χ4v) is 2.20. The van der Waals surface area contributed by atoms with Gasteiger partial charge < -0.3 is 0 Å². The van der Waals surface area contributed by atoms with Crippen LogP contribution in [0.3, 0.4) is 0 Å². The number of hydrogen-bond donors (Lipinski definition) is 0. The van der Waals surface area contributed by atoms with E-state index in [9.17, 15) is 0 Å². The normalized spacial score (nSPS) is 10.4. The molecule has 2 aromatic rings. The summed E-state index contributed by atoms with van der Waals surface area (Å²) < 4.78 is 0. The van der Waals surface area contributed by atoms with E-state index in [-0.39, 0.29) is 0 Å². The minimum atomic E-state index is 0.788. The highest BCUT2D eigenvalue weighted by Crippen LogP contribution is 2.30. The Morgan fingerprint density at radius 1 is 1.19 bits per heavy atom. The smallest absolute Gasteiger partial charge is 0.0520 e. The Hall–Kier alpha value is -1.34. The predicted molar refractivity (Wildman–Crippen MR) is 68.8 cm³/mol. The fourth-order valence-electron chi connectivity index (χ4n) is 1.83. The van der Waals surface area contributed by atoms with E-state index >= 15 is 0 Å². The molecule has 0 amide bonds. The SMILES string of the molecule is CCc1cc(Cl)c(-c2ccccc2)c(C)n1. The highest BCUT2D eigenvalue weighted by molar-refractivity contribution is 6.33. The molecular weight excluding hydrogens is 218 g/mol. The molecule has 0 aliphatic rings. The highest BCUT2D eigenvalue weighted by atomic mass is 35.5. The third-order valence-corrected chi connectivity index (χ3v) is 2.93. The molecule has 2 rings (SSSR count). The van der Waals surface area contributed by atoms with Crippen LogP contribution in [0.2, 0.25) is 5.02 Å². The van der Waals surface area contributed by atoms with Crippen LogP contribution in [-0.4, -0.2) is 4.98 Å². The lowest BCUT2D eigenvalue weighted by atomic mass is 10.0. The summed E-state index contributed by atoms with van der Waals surface area (Å²) in [6.45, 7) is 4.09. The Bertz CT molecular complexity index is 468. The zero-order chi connectivity index (χ0) is 11.5. The van der Waals surface area contributed by atoms with Crippen molar-refractivity contribution in [3.8, 4) is 11.1 Å². The zero-order valence-corrected chi connectivity index (χ0v) is 10.3. The third-order valence-electron chi connectivity index (χ3n) is 2.63. The predicted octanol–water partition coefficient (Wildman–Crippen LogP) is 4.27. The second kappa shape index (κ2) is 4.67. The van der Waals surface area contributed by atoms with Crippen LogP contribution in [0.5, 0.6) is 0 Å². The topological polar surface area (TPSA) is 12.9 Å². The van der Waals surface area contributed by atoms with Crippen LogP contribution in [0, 0.1) is 6.92 Å². The van der Waals surface area contributed by atoms with Crippen molar-refractivity contribution >= 4 is 11.6 Å². The van der Waals surface area contributed by atoms with Crippen molar-refractivity contribution in [2.45, 2.75) is 20.3 Å². The first kappa shape index (κ1) is 11.2. The lowest BCUT2D eigenvalue weighted by molar-refractivity contribution is 1.01. The van der Waals surface area contributed by atoms with Crippen LogP contribution in [0.4, 0.5) is 0 Å². The Kier molecular flexibility index (Phi) is 3.25. The number of hydrogen-bond acceptors (Lipinski definition) is 1. The molecule has 1 aromatic heterocycles. The molecule has 0 bridgehead atoms. The van der Waals surface area contributed by atoms with Gasteiger partial charge in [0.2, 0.25) is 0 Å². The molecule has 0 N–H and O–H groups in total. The summed E-state index contributed by atoms with van der Waals surface area (Å²) in [5.74, 6) is 0. The number of nitrogens with zero attached hydrogens (tertiary/aromatic N) is 1. The minimum Gasteiger partial charge on any atom is -0.257 e. The van der Waals surface area contributed by atoms with E-state index < -0.39 is 0 Å². The molecule has 0 aliphatic carbocycles. The number of benzene rings is 1. The van der Waals surface area contributed by atoms with Gasteiger partial charge in [-0.25, -0.2) is 0 Å². The van der Waals surface area contributed by atoms with Gasteiger partial charge >= 0.3 is 0 Å². The molecule has 0 saturated carbocycles. The van der Waals surface area contributed by atoms with Gasteiger partial charge in [-0.05, 0) is 25.0 Å². The Morgan fingerprint density at radius 3 is 2.44 bits per heavy atom. The van der Waals surface area contributed by atoms with Gasteiger partial charge in [-0.2, -0.15) is 0 Å². The van der Waals surface area contributed by atoms with Gasteiger partial charge in [0.25, 0.3) is 0 Å². The highest BCUT2D eigenvalue weighted by Gasteiger charge is 2.09. The van der Waals surface area contributed by atoms with E-state index in [0.29, 0.717) is 0 Å². The number of aromatic nitrogens is 1. The van der Waals surface area contributed by atoms with Crippen LogP contribution in [0.1, 0.15) is 18.3 Å². The summed E-state index contributed by atoms with van der Waals surface area (Å²) in [7, 11) is 0. The number of pyridine rings is 1. The number of halogens is 1. The van der Waals surface area contributed by atoms with E-state index in [1.165, 1.54) is 0 Å². The van der Waals surface area contributed by atoms with E-state index in [1.807, 2.05) is 31.2 Å². The molecule has 0 unspecified atom stereocenters. The van der Waals surface area contributed by atoms with Crippen molar-refractivity contribution < 1.29 is 0 Å². The van der Waals surface area contributed by atoms with Crippen molar-refractivity contribution in [3.05, 3.63) is 52.8 Å². The van der Waals surface area contributed by atoms with Crippen LogP contribution in [-0.2, 0) is 6.42 Å². The van der Waals surface area contributed by atoms with Gasteiger partial charge in [-0.3, -0.25) is 4.98 Å². The maximum absolute atomic E-state index is 6.31. The van der Waals surface area contributed by atoms with Crippen LogP contribution in [0.15, 0.2) is 36.4 Å². The molecule has 0 fully saturated rings. The first-order valence-corrected chi connectivity index (χ1v) is 5.81. The molecule has 0 aliphatic heterocycles. The number of rotatable bonds is 2.